The van der Waals surface area contributed by atoms with Gasteiger partial charge in [0.1, 0.15) is 5.82 Å². The molecule has 1 heterocycles. The molecule has 0 aliphatic carbocycles. The summed E-state index contributed by atoms with van der Waals surface area (Å²) in [4.78, 5) is 2.11. The number of fused-ring (bicyclic) bond motifs is 1. The van der Waals surface area contributed by atoms with Crippen molar-refractivity contribution in [1.82, 2.24) is 9.40 Å². The van der Waals surface area contributed by atoms with Gasteiger partial charge in [-0.15, -0.1) is 0 Å². The Balaban J connectivity index is 1.90. The highest BCUT2D eigenvalue weighted by molar-refractivity contribution is 7.89. The number of nitrogens with zero attached hydrogens (tertiary/aromatic N) is 2. The lowest BCUT2D eigenvalue weighted by Gasteiger charge is -2.03. The molecule has 0 radical (unpaired) electrons. The fraction of sp³-hybridized carbons (Fsp3) is 0.118. The Bertz CT molecular complexity index is 1020. The summed E-state index contributed by atoms with van der Waals surface area (Å²) in [5, 5.41) is 4.85. The standard InChI is InChI=1S/C17H16FN3O2S/c1-12-16(15-5-3-4-6-17(15)21(12)2)11-19-20-24(22,23)14-9-7-13(18)8-10-14/h3-11,20H,1-2H3/b19-11+. The Morgan fingerprint density at radius 3 is 2.50 bits per heavy atom. The molecule has 3 rings (SSSR count). The van der Waals surface area contributed by atoms with Crippen LogP contribution in [0.1, 0.15) is 11.3 Å². The van der Waals surface area contributed by atoms with Crippen LogP contribution in [0.15, 0.2) is 58.5 Å². The first-order chi connectivity index (χ1) is 11.4. The molecule has 0 spiro atoms. The van der Waals surface area contributed by atoms with Gasteiger partial charge in [0.2, 0.25) is 0 Å². The number of rotatable bonds is 4. The number of aryl methyl sites for hydroxylation is 1. The van der Waals surface area contributed by atoms with Crippen molar-refractivity contribution in [1.29, 1.82) is 0 Å². The Labute approximate surface area is 139 Å². The Kier molecular flexibility index (Phi) is 4.11. The number of hydrazone groups is 1. The van der Waals surface area contributed by atoms with Crippen molar-refractivity contribution < 1.29 is 12.8 Å². The first-order valence-electron chi connectivity index (χ1n) is 7.24. The van der Waals surface area contributed by atoms with E-state index >= 15 is 0 Å². The van der Waals surface area contributed by atoms with Crippen molar-refractivity contribution in [2.75, 3.05) is 0 Å². The van der Waals surface area contributed by atoms with Crippen molar-refractivity contribution >= 4 is 27.1 Å². The summed E-state index contributed by atoms with van der Waals surface area (Å²) in [6, 6.07) is 12.4. The van der Waals surface area contributed by atoms with Crippen LogP contribution in [0.25, 0.3) is 10.9 Å². The number of aromatic nitrogens is 1. The van der Waals surface area contributed by atoms with E-state index < -0.39 is 15.8 Å². The van der Waals surface area contributed by atoms with Gasteiger partial charge in [0.25, 0.3) is 10.0 Å². The smallest absolute Gasteiger partial charge is 0.276 e. The molecule has 0 saturated carbocycles. The van der Waals surface area contributed by atoms with Gasteiger partial charge in [-0.1, -0.05) is 18.2 Å². The zero-order valence-corrected chi connectivity index (χ0v) is 14.0. The van der Waals surface area contributed by atoms with Gasteiger partial charge in [-0.2, -0.15) is 13.5 Å². The summed E-state index contributed by atoms with van der Waals surface area (Å²) in [5.74, 6) is -0.496. The van der Waals surface area contributed by atoms with Crippen LogP contribution in [0, 0.1) is 12.7 Å². The molecular weight excluding hydrogens is 329 g/mol. The largest absolute Gasteiger partial charge is 0.347 e. The predicted molar refractivity (Wildman–Crippen MR) is 92.0 cm³/mol. The van der Waals surface area contributed by atoms with Gasteiger partial charge in [0.05, 0.1) is 11.1 Å². The van der Waals surface area contributed by atoms with Crippen molar-refractivity contribution in [3.63, 3.8) is 0 Å². The van der Waals surface area contributed by atoms with Crippen LogP contribution in [0.2, 0.25) is 0 Å². The maximum absolute atomic E-state index is 12.9. The highest BCUT2D eigenvalue weighted by Crippen LogP contribution is 2.23. The van der Waals surface area contributed by atoms with E-state index in [0.717, 1.165) is 34.3 Å². The normalized spacial score (nSPS) is 12.1. The van der Waals surface area contributed by atoms with Gasteiger partial charge in [-0.3, -0.25) is 0 Å². The summed E-state index contributed by atoms with van der Waals surface area (Å²) in [5.41, 5.74) is 2.86. The molecule has 0 aliphatic rings. The first kappa shape index (κ1) is 16.2. The van der Waals surface area contributed by atoms with Crippen molar-refractivity contribution in [2.24, 2.45) is 12.1 Å². The van der Waals surface area contributed by atoms with E-state index in [0.29, 0.717) is 0 Å². The van der Waals surface area contributed by atoms with Crippen LogP contribution in [0.4, 0.5) is 4.39 Å². The molecule has 1 N–H and O–H groups in total. The zero-order valence-electron chi connectivity index (χ0n) is 13.2. The molecule has 0 saturated heterocycles. The van der Waals surface area contributed by atoms with Gasteiger partial charge in [0.15, 0.2) is 0 Å². The molecule has 0 atom stereocenters. The van der Waals surface area contributed by atoms with Crippen LogP contribution in [-0.4, -0.2) is 19.2 Å². The van der Waals surface area contributed by atoms with E-state index in [1.807, 2.05) is 42.8 Å². The molecule has 24 heavy (non-hydrogen) atoms. The molecule has 0 amide bonds. The maximum Gasteiger partial charge on any atom is 0.276 e. The van der Waals surface area contributed by atoms with E-state index in [1.165, 1.54) is 18.3 Å². The third-order valence-corrected chi connectivity index (χ3v) is 5.18. The molecule has 1 aromatic heterocycles. The first-order valence-corrected chi connectivity index (χ1v) is 8.73. The highest BCUT2D eigenvalue weighted by atomic mass is 32.2. The Morgan fingerprint density at radius 1 is 1.12 bits per heavy atom. The van der Waals surface area contributed by atoms with E-state index in [-0.39, 0.29) is 4.90 Å². The van der Waals surface area contributed by atoms with Crippen molar-refractivity contribution in [2.45, 2.75) is 11.8 Å². The van der Waals surface area contributed by atoms with E-state index in [4.69, 9.17) is 0 Å². The van der Waals surface area contributed by atoms with Gasteiger partial charge in [-0.05, 0) is 37.3 Å². The Morgan fingerprint density at radius 2 is 1.79 bits per heavy atom. The number of halogens is 1. The Hall–Kier alpha value is -2.67. The van der Waals surface area contributed by atoms with Crippen LogP contribution in [-0.2, 0) is 17.1 Å². The molecule has 7 heteroatoms. The zero-order chi connectivity index (χ0) is 17.3. The summed E-state index contributed by atoms with van der Waals surface area (Å²) in [7, 11) is -1.89. The molecular formula is C17H16FN3O2S. The SMILES string of the molecule is Cc1c(/C=N/NS(=O)(=O)c2ccc(F)cc2)c2ccccc2n1C. The minimum atomic E-state index is -3.83. The van der Waals surface area contributed by atoms with E-state index in [9.17, 15) is 12.8 Å². The van der Waals surface area contributed by atoms with Crippen LogP contribution < -0.4 is 4.83 Å². The lowest BCUT2D eigenvalue weighted by molar-refractivity contribution is 0.583. The topological polar surface area (TPSA) is 63.5 Å². The lowest BCUT2D eigenvalue weighted by atomic mass is 10.1. The second kappa shape index (κ2) is 6.09. The number of benzene rings is 2. The van der Waals surface area contributed by atoms with Gasteiger partial charge < -0.3 is 4.57 Å². The third kappa shape index (κ3) is 2.90. The quantitative estimate of drug-likeness (QED) is 0.584. The molecule has 5 nitrogen and oxygen atoms in total. The fourth-order valence-corrected chi connectivity index (χ4v) is 3.33. The molecule has 0 unspecified atom stereocenters. The number of hydrogen-bond acceptors (Lipinski definition) is 3. The van der Waals surface area contributed by atoms with Crippen molar-refractivity contribution in [3.8, 4) is 0 Å². The van der Waals surface area contributed by atoms with Crippen LogP contribution in [0.3, 0.4) is 0 Å². The van der Waals surface area contributed by atoms with Crippen LogP contribution >= 0.6 is 0 Å². The minimum Gasteiger partial charge on any atom is -0.347 e. The number of para-hydroxylation sites is 1. The van der Waals surface area contributed by atoms with Crippen molar-refractivity contribution in [3.05, 3.63) is 65.6 Å². The summed E-state index contributed by atoms with van der Waals surface area (Å²) in [6.45, 7) is 1.94. The molecule has 0 bridgehead atoms. The summed E-state index contributed by atoms with van der Waals surface area (Å²) >= 11 is 0. The number of nitrogens with one attached hydrogen (secondary N) is 1. The van der Waals surface area contributed by atoms with Gasteiger partial charge in [-0.25, -0.2) is 9.22 Å². The molecule has 3 aromatic rings. The van der Waals surface area contributed by atoms with Crippen LogP contribution in [0.5, 0.6) is 0 Å². The van der Waals surface area contributed by atoms with Gasteiger partial charge in [0, 0.05) is 29.2 Å². The summed E-state index contributed by atoms with van der Waals surface area (Å²) < 4.78 is 39.2. The van der Waals surface area contributed by atoms with E-state index in [1.54, 1.807) is 0 Å². The number of hydrogen-bond donors (Lipinski definition) is 1. The monoisotopic (exact) mass is 345 g/mol. The molecule has 124 valence electrons. The summed E-state index contributed by atoms with van der Waals surface area (Å²) in [6.07, 6.45) is 1.48. The second-order valence-corrected chi connectivity index (χ2v) is 7.04. The second-order valence-electron chi connectivity index (χ2n) is 5.38. The molecule has 2 aromatic carbocycles. The molecule has 0 fully saturated rings. The predicted octanol–water partition coefficient (Wildman–Crippen LogP) is 2.94. The highest BCUT2D eigenvalue weighted by Gasteiger charge is 2.13. The molecule has 0 aliphatic heterocycles. The third-order valence-electron chi connectivity index (χ3n) is 3.94. The number of sulfonamides is 1. The van der Waals surface area contributed by atoms with Gasteiger partial charge >= 0.3 is 0 Å². The minimum absolute atomic E-state index is 0.0457. The maximum atomic E-state index is 12.9. The van der Waals surface area contributed by atoms with E-state index in [2.05, 4.69) is 9.93 Å². The lowest BCUT2D eigenvalue weighted by Crippen LogP contribution is -2.18. The fourth-order valence-electron chi connectivity index (χ4n) is 2.54. The average Bonchev–Trinajstić information content (AvgIpc) is 2.80. The average molecular weight is 345 g/mol.